The van der Waals surface area contributed by atoms with Crippen molar-refractivity contribution in [3.8, 4) is 45.9 Å². The normalized spacial score (nSPS) is 13.2. The number of carbonyl (C=O) groups is 2. The number of likely N-dealkylation sites (N-methyl/N-ethyl adjacent to an activating group) is 2. The summed E-state index contributed by atoms with van der Waals surface area (Å²) >= 11 is 12.3. The molecule has 8 rings (SSSR count). The van der Waals surface area contributed by atoms with Gasteiger partial charge in [0, 0.05) is 69.7 Å². The highest BCUT2D eigenvalue weighted by atomic mass is 35.5. The van der Waals surface area contributed by atoms with E-state index in [-0.39, 0.29) is 24.9 Å². The maximum absolute atomic E-state index is 12.6. The zero-order chi connectivity index (χ0) is 42.5. The second kappa shape index (κ2) is 17.7. The number of amides is 2. The van der Waals surface area contributed by atoms with Gasteiger partial charge in [-0.2, -0.15) is 10.5 Å². The Labute approximate surface area is 357 Å². The molecule has 0 atom stereocenters. The fourth-order valence-electron chi connectivity index (χ4n) is 7.06. The van der Waals surface area contributed by atoms with E-state index < -0.39 is 0 Å². The van der Waals surface area contributed by atoms with Gasteiger partial charge in [-0.3, -0.25) is 19.6 Å². The van der Waals surface area contributed by atoms with Crippen molar-refractivity contribution in [2.75, 3.05) is 51.2 Å². The van der Waals surface area contributed by atoms with Gasteiger partial charge in [-0.05, 0) is 71.8 Å². The summed E-state index contributed by atoms with van der Waals surface area (Å²) in [5.41, 5.74) is 10.5. The van der Waals surface area contributed by atoms with Gasteiger partial charge in [0.15, 0.2) is 0 Å². The third-order valence-corrected chi connectivity index (χ3v) is 10.7. The minimum atomic E-state index is -0.125. The van der Waals surface area contributed by atoms with Crippen LogP contribution in [0.1, 0.15) is 33.4 Å². The number of fused-ring (bicyclic) bond motifs is 2. The van der Waals surface area contributed by atoms with E-state index >= 15 is 0 Å². The van der Waals surface area contributed by atoms with Crippen molar-refractivity contribution in [3.05, 3.63) is 165 Å². The molecule has 12 heteroatoms. The molecule has 0 radical (unpaired) electrons. The number of methoxy groups -OCH3 is 2. The van der Waals surface area contributed by atoms with Crippen molar-refractivity contribution in [3.63, 3.8) is 0 Å². The van der Waals surface area contributed by atoms with Crippen molar-refractivity contribution in [2.24, 2.45) is 9.98 Å². The molecular weight excluding hydrogens is 795 g/mol. The lowest BCUT2D eigenvalue weighted by Crippen LogP contribution is -2.27. The van der Waals surface area contributed by atoms with Crippen molar-refractivity contribution in [1.82, 2.24) is 0 Å². The van der Waals surface area contributed by atoms with Crippen LogP contribution in [0.5, 0.6) is 11.5 Å². The smallest absolute Gasteiger partial charge is 0.248 e. The molecule has 10 nitrogen and oxygen atoms in total. The van der Waals surface area contributed by atoms with Gasteiger partial charge in [0.25, 0.3) is 0 Å². The fourth-order valence-corrected chi connectivity index (χ4v) is 7.37. The summed E-state index contributed by atoms with van der Waals surface area (Å²) in [6.45, 7) is 0.0436. The molecule has 2 heterocycles. The van der Waals surface area contributed by atoms with Crippen molar-refractivity contribution in [1.29, 1.82) is 10.5 Å². The van der Waals surface area contributed by atoms with E-state index in [1.165, 1.54) is 0 Å². The highest BCUT2D eigenvalue weighted by Gasteiger charge is 2.27. The Hall–Kier alpha value is -7.24. The summed E-state index contributed by atoms with van der Waals surface area (Å²) in [6, 6.07) is 41.4. The second-order valence-corrected chi connectivity index (χ2v) is 14.6. The van der Waals surface area contributed by atoms with Crippen LogP contribution in [0.3, 0.4) is 0 Å². The molecule has 6 aromatic rings. The molecule has 0 saturated heterocycles. The zero-order valence-corrected chi connectivity index (χ0v) is 34.5. The van der Waals surface area contributed by atoms with E-state index in [1.807, 2.05) is 97.1 Å². The first-order valence-electron chi connectivity index (χ1n) is 18.6. The third kappa shape index (κ3) is 8.34. The Kier molecular flexibility index (Phi) is 12.1. The molecule has 0 bridgehead atoms. The standard InChI is InChI=1S/2C24H18ClN3O2/c1-28-21-12-22(30-2)19(16-6-4-8-18(25)10-16)11-20(21)24(27-14-23(28)29)17-7-3-5-15(9-17)13-26;1-28-21-12-22(30-2)19(16-6-8-18(25)9-7-16)11-20(21)24(27-14-23(28)29)17-5-3-4-15(10-17)13-26/h2*3-12H,14H2,1-2H3. The number of aliphatic imine (C=N–C) groups is 2. The van der Waals surface area contributed by atoms with E-state index in [1.54, 1.807) is 62.4 Å². The Bertz CT molecular complexity index is 2820. The van der Waals surface area contributed by atoms with E-state index in [9.17, 15) is 20.1 Å². The summed E-state index contributed by atoms with van der Waals surface area (Å²) in [7, 11) is 6.65. The molecule has 6 aromatic carbocycles. The molecule has 0 aliphatic carbocycles. The fraction of sp³-hybridized carbons (Fsp3) is 0.125. The highest BCUT2D eigenvalue weighted by Crippen LogP contribution is 2.40. The van der Waals surface area contributed by atoms with Gasteiger partial charge in [-0.25, -0.2) is 0 Å². The van der Waals surface area contributed by atoms with Gasteiger partial charge >= 0.3 is 0 Å². The highest BCUT2D eigenvalue weighted by molar-refractivity contribution is 6.31. The molecular formula is C48H36Cl2N6O4. The van der Waals surface area contributed by atoms with Crippen LogP contribution in [0.15, 0.2) is 131 Å². The molecule has 0 fully saturated rings. The number of nitriles is 2. The number of anilines is 2. The largest absolute Gasteiger partial charge is 0.496 e. The van der Waals surface area contributed by atoms with Crippen LogP contribution in [0.25, 0.3) is 22.3 Å². The van der Waals surface area contributed by atoms with Crippen LogP contribution < -0.4 is 19.3 Å². The maximum Gasteiger partial charge on any atom is 0.248 e. The molecule has 2 amide bonds. The Morgan fingerprint density at radius 1 is 0.533 bits per heavy atom. The number of hydrogen-bond acceptors (Lipinski definition) is 8. The Morgan fingerprint density at radius 2 is 0.983 bits per heavy atom. The molecule has 0 aromatic heterocycles. The number of benzene rings is 6. The van der Waals surface area contributed by atoms with Crippen molar-refractivity contribution in [2.45, 2.75) is 0 Å². The predicted molar refractivity (Wildman–Crippen MR) is 237 cm³/mol. The first kappa shape index (κ1) is 40.9. The molecule has 2 aliphatic rings. The lowest BCUT2D eigenvalue weighted by atomic mass is 9.94. The number of nitrogens with zero attached hydrogens (tertiary/aromatic N) is 6. The van der Waals surface area contributed by atoms with Gasteiger partial charge in [0.1, 0.15) is 24.6 Å². The van der Waals surface area contributed by atoms with Crippen LogP contribution in [0, 0.1) is 22.7 Å². The number of rotatable bonds is 6. The van der Waals surface area contributed by atoms with Crippen LogP contribution in [-0.2, 0) is 9.59 Å². The molecule has 0 unspecified atom stereocenters. The van der Waals surface area contributed by atoms with E-state index in [0.717, 1.165) is 44.5 Å². The van der Waals surface area contributed by atoms with Crippen molar-refractivity contribution < 1.29 is 19.1 Å². The summed E-state index contributed by atoms with van der Waals surface area (Å²) < 4.78 is 11.3. The zero-order valence-electron chi connectivity index (χ0n) is 33.0. The number of hydrogen-bond donors (Lipinski definition) is 0. The van der Waals surface area contributed by atoms with Crippen LogP contribution >= 0.6 is 23.2 Å². The van der Waals surface area contributed by atoms with Crippen LogP contribution in [0.2, 0.25) is 10.0 Å². The quantitative estimate of drug-likeness (QED) is 0.164. The number of halogens is 2. The first-order chi connectivity index (χ1) is 29.0. The van der Waals surface area contributed by atoms with E-state index in [2.05, 4.69) is 22.1 Å². The molecule has 2 aliphatic heterocycles. The van der Waals surface area contributed by atoms with Crippen molar-refractivity contribution >= 4 is 57.8 Å². The van der Waals surface area contributed by atoms with Gasteiger partial charge in [-0.1, -0.05) is 71.7 Å². The third-order valence-electron chi connectivity index (χ3n) is 10.2. The number of carbonyl (C=O) groups excluding carboxylic acids is 2. The van der Waals surface area contributed by atoms with Gasteiger partial charge in [-0.15, -0.1) is 0 Å². The summed E-state index contributed by atoms with van der Waals surface area (Å²) in [5, 5.41) is 19.9. The summed E-state index contributed by atoms with van der Waals surface area (Å²) in [6.07, 6.45) is 0. The average Bonchev–Trinajstić information content (AvgIpc) is 3.48. The minimum absolute atomic E-state index is 0.0199. The summed E-state index contributed by atoms with van der Waals surface area (Å²) in [5.74, 6) is 1.02. The van der Waals surface area contributed by atoms with E-state index in [4.69, 9.17) is 32.7 Å². The second-order valence-electron chi connectivity index (χ2n) is 13.8. The molecule has 0 N–H and O–H groups in total. The minimum Gasteiger partial charge on any atom is -0.496 e. The van der Waals surface area contributed by atoms with Gasteiger partial charge < -0.3 is 19.3 Å². The van der Waals surface area contributed by atoms with E-state index in [0.29, 0.717) is 55.5 Å². The lowest BCUT2D eigenvalue weighted by molar-refractivity contribution is -0.117. The maximum atomic E-state index is 12.6. The van der Waals surface area contributed by atoms with Gasteiger partial charge in [0.05, 0.1) is 60.3 Å². The first-order valence-corrected chi connectivity index (χ1v) is 19.4. The molecule has 0 spiro atoms. The Balaban J connectivity index is 0.000000181. The summed E-state index contributed by atoms with van der Waals surface area (Å²) in [4.78, 5) is 37.5. The van der Waals surface area contributed by atoms with Gasteiger partial charge in [0.2, 0.25) is 11.8 Å². The van der Waals surface area contributed by atoms with Crippen LogP contribution in [0.4, 0.5) is 11.4 Å². The van der Waals surface area contributed by atoms with Crippen LogP contribution in [-0.4, -0.2) is 64.6 Å². The lowest BCUT2D eigenvalue weighted by Gasteiger charge is -2.21. The molecule has 60 heavy (non-hydrogen) atoms. The monoisotopic (exact) mass is 830 g/mol. The number of ether oxygens (including phenoxy) is 2. The Morgan fingerprint density at radius 3 is 1.43 bits per heavy atom. The topological polar surface area (TPSA) is 131 Å². The average molecular weight is 832 g/mol. The molecule has 296 valence electrons. The predicted octanol–water partition coefficient (Wildman–Crippen LogP) is 9.40. The SMILES string of the molecule is COc1cc2c(cc1-c1ccc(Cl)cc1)C(c1cccc(C#N)c1)=NCC(=O)N2C.COc1cc2c(cc1-c1cccc(Cl)c1)C(c1cccc(C#N)c1)=NCC(=O)N2C. The number of benzodiazepines with no additional fused rings is 2. The molecule has 0 saturated carbocycles.